The molecule has 1 heterocycles. The highest BCUT2D eigenvalue weighted by Gasteiger charge is 2.70. The minimum Gasteiger partial charge on any atom is -0.381 e. The van der Waals surface area contributed by atoms with E-state index in [0.717, 1.165) is 11.8 Å². The lowest BCUT2D eigenvalue weighted by molar-refractivity contribution is -0.00942. The van der Waals surface area contributed by atoms with Gasteiger partial charge in [-0.1, -0.05) is 50.6 Å². The molecule has 2 fully saturated rings. The molecule has 1 nitrogen and oxygen atoms in total. The molecule has 0 radical (unpaired) electrons. The molecule has 5 rings (SSSR count). The van der Waals surface area contributed by atoms with Gasteiger partial charge in [-0.25, -0.2) is 0 Å². The van der Waals surface area contributed by atoms with Gasteiger partial charge in [0, 0.05) is 22.6 Å². The fourth-order valence-corrected chi connectivity index (χ4v) is 6.96. The van der Waals surface area contributed by atoms with Gasteiger partial charge in [0.15, 0.2) is 0 Å². The van der Waals surface area contributed by atoms with Crippen LogP contribution in [0.1, 0.15) is 52.5 Å². The van der Waals surface area contributed by atoms with Crippen molar-refractivity contribution in [1.29, 1.82) is 0 Å². The van der Waals surface area contributed by atoms with E-state index in [2.05, 4.69) is 63.4 Å². The molecule has 5 atom stereocenters. The van der Waals surface area contributed by atoms with Gasteiger partial charge in [0.25, 0.3) is 0 Å². The van der Waals surface area contributed by atoms with Crippen LogP contribution in [0.2, 0.25) is 0 Å². The summed E-state index contributed by atoms with van der Waals surface area (Å²) in [5.74, 6) is 1.59. The Labute approximate surface area is 134 Å². The van der Waals surface area contributed by atoms with Crippen LogP contribution in [0.15, 0.2) is 35.9 Å². The summed E-state index contributed by atoms with van der Waals surface area (Å²) in [4.78, 5) is 0. The summed E-state index contributed by atoms with van der Waals surface area (Å²) >= 11 is 0. The molecule has 1 aliphatic heterocycles. The molecule has 1 spiro atoms. The number of anilines is 1. The van der Waals surface area contributed by atoms with Gasteiger partial charge >= 0.3 is 0 Å². The second kappa shape index (κ2) is 3.63. The van der Waals surface area contributed by atoms with Crippen molar-refractivity contribution < 1.29 is 0 Å². The van der Waals surface area contributed by atoms with Crippen molar-refractivity contribution in [2.75, 3.05) is 5.32 Å². The smallest absolute Gasteiger partial charge is 0.0402 e. The normalized spacial score (nSPS) is 46.5. The number of hydrogen-bond acceptors (Lipinski definition) is 1. The van der Waals surface area contributed by atoms with Crippen LogP contribution in [0.4, 0.5) is 5.69 Å². The molecular formula is C21H27N. The van der Waals surface area contributed by atoms with Crippen LogP contribution in [-0.2, 0) is 5.41 Å². The predicted octanol–water partition coefficient (Wildman–Crippen LogP) is 5.14. The van der Waals surface area contributed by atoms with Crippen molar-refractivity contribution >= 4 is 5.69 Å². The fourth-order valence-electron chi connectivity index (χ4n) is 6.96. The third kappa shape index (κ3) is 1.12. The topological polar surface area (TPSA) is 12.0 Å². The quantitative estimate of drug-likeness (QED) is 0.653. The van der Waals surface area contributed by atoms with Crippen molar-refractivity contribution in [1.82, 2.24) is 0 Å². The summed E-state index contributed by atoms with van der Waals surface area (Å²) in [6.45, 7) is 10.1. The van der Waals surface area contributed by atoms with Gasteiger partial charge in [0.1, 0.15) is 0 Å². The van der Waals surface area contributed by atoms with Crippen molar-refractivity contribution in [3.8, 4) is 0 Å². The maximum Gasteiger partial charge on any atom is 0.0402 e. The molecule has 1 heteroatoms. The van der Waals surface area contributed by atoms with Gasteiger partial charge in [-0.05, 0) is 55.1 Å². The number of rotatable bonds is 0. The highest BCUT2D eigenvalue weighted by atomic mass is 15.0. The zero-order valence-electron chi connectivity index (χ0n) is 14.2. The van der Waals surface area contributed by atoms with Gasteiger partial charge in [-0.15, -0.1) is 0 Å². The summed E-state index contributed by atoms with van der Waals surface area (Å²) < 4.78 is 0. The van der Waals surface area contributed by atoms with Gasteiger partial charge in [-0.3, -0.25) is 0 Å². The predicted molar refractivity (Wildman–Crippen MR) is 92.0 cm³/mol. The zero-order chi connectivity index (χ0) is 15.3. The summed E-state index contributed by atoms with van der Waals surface area (Å²) in [6.07, 6.45) is 6.82. The number of para-hydroxylation sites is 1. The molecule has 1 N–H and O–H groups in total. The number of fused-ring (bicyclic) bond motifs is 5. The molecule has 2 bridgehead atoms. The van der Waals surface area contributed by atoms with E-state index in [-0.39, 0.29) is 5.41 Å². The first-order valence-corrected chi connectivity index (χ1v) is 9.01. The molecule has 4 aliphatic rings. The molecule has 2 saturated carbocycles. The number of nitrogens with one attached hydrogen (secondary N) is 1. The first kappa shape index (κ1) is 13.2. The first-order valence-electron chi connectivity index (χ1n) is 9.01. The van der Waals surface area contributed by atoms with E-state index in [9.17, 15) is 0 Å². The summed E-state index contributed by atoms with van der Waals surface area (Å²) in [5, 5.41) is 3.88. The molecule has 0 amide bonds. The molecular weight excluding hydrogens is 266 g/mol. The molecule has 3 aliphatic carbocycles. The van der Waals surface area contributed by atoms with E-state index in [1.165, 1.54) is 24.9 Å². The Kier molecular flexibility index (Phi) is 2.18. The zero-order valence-corrected chi connectivity index (χ0v) is 14.2. The van der Waals surface area contributed by atoms with Crippen molar-refractivity contribution in [2.45, 2.75) is 58.4 Å². The minimum atomic E-state index is 0.210. The lowest BCUT2D eigenvalue weighted by Gasteiger charge is -2.53. The SMILES string of the molecule is C[C@@H]1CCC2C=C3C1(C[C@H]1Nc4ccccc4[C@@]31C)C2(C)C. The molecule has 0 aromatic heterocycles. The second-order valence-corrected chi connectivity index (χ2v) is 9.01. The van der Waals surface area contributed by atoms with Crippen LogP contribution in [-0.4, -0.2) is 6.04 Å². The third-order valence-corrected chi connectivity index (χ3v) is 8.28. The van der Waals surface area contributed by atoms with E-state index in [4.69, 9.17) is 0 Å². The number of hydrogen-bond donors (Lipinski definition) is 1. The van der Waals surface area contributed by atoms with Gasteiger partial charge in [0.05, 0.1) is 0 Å². The molecule has 1 aromatic rings. The van der Waals surface area contributed by atoms with Gasteiger partial charge in [-0.2, -0.15) is 0 Å². The lowest BCUT2D eigenvalue weighted by atomic mass is 9.51. The Bertz CT molecular complexity index is 700. The summed E-state index contributed by atoms with van der Waals surface area (Å²) in [7, 11) is 0. The molecule has 2 unspecified atom stereocenters. The van der Waals surface area contributed by atoms with E-state index in [1.54, 1.807) is 11.1 Å². The Morgan fingerprint density at radius 3 is 2.68 bits per heavy atom. The Morgan fingerprint density at radius 1 is 1.09 bits per heavy atom. The maximum atomic E-state index is 3.88. The number of benzene rings is 1. The van der Waals surface area contributed by atoms with E-state index in [1.807, 2.05) is 0 Å². The second-order valence-electron chi connectivity index (χ2n) is 9.01. The van der Waals surface area contributed by atoms with Crippen molar-refractivity contribution in [3.63, 3.8) is 0 Å². The molecule has 116 valence electrons. The largest absolute Gasteiger partial charge is 0.381 e. The van der Waals surface area contributed by atoms with Crippen LogP contribution in [0.25, 0.3) is 0 Å². The van der Waals surface area contributed by atoms with E-state index in [0.29, 0.717) is 16.9 Å². The molecule has 0 saturated heterocycles. The average Bonchev–Trinajstić information content (AvgIpc) is 2.93. The minimum absolute atomic E-state index is 0.210. The Hall–Kier alpha value is -1.24. The van der Waals surface area contributed by atoms with Crippen LogP contribution in [0, 0.1) is 22.7 Å². The van der Waals surface area contributed by atoms with Crippen molar-refractivity contribution in [3.05, 3.63) is 41.5 Å². The maximum absolute atomic E-state index is 3.88. The van der Waals surface area contributed by atoms with Gasteiger partial charge < -0.3 is 5.32 Å². The van der Waals surface area contributed by atoms with Crippen LogP contribution >= 0.6 is 0 Å². The molecule has 1 aromatic carbocycles. The third-order valence-electron chi connectivity index (χ3n) is 8.28. The van der Waals surface area contributed by atoms with E-state index >= 15 is 0 Å². The van der Waals surface area contributed by atoms with Crippen LogP contribution in [0.5, 0.6) is 0 Å². The van der Waals surface area contributed by atoms with E-state index < -0.39 is 0 Å². The summed E-state index contributed by atoms with van der Waals surface area (Å²) in [6, 6.07) is 9.59. The first-order chi connectivity index (χ1) is 10.4. The monoisotopic (exact) mass is 293 g/mol. The number of allylic oxidation sites excluding steroid dienone is 1. The Balaban J connectivity index is 1.77. The van der Waals surface area contributed by atoms with Crippen LogP contribution < -0.4 is 5.32 Å². The highest BCUT2D eigenvalue weighted by Crippen LogP contribution is 2.75. The van der Waals surface area contributed by atoms with Crippen LogP contribution in [0.3, 0.4) is 0 Å². The highest BCUT2D eigenvalue weighted by molar-refractivity contribution is 5.69. The average molecular weight is 293 g/mol. The Morgan fingerprint density at radius 2 is 1.86 bits per heavy atom. The van der Waals surface area contributed by atoms with Crippen molar-refractivity contribution in [2.24, 2.45) is 22.7 Å². The summed E-state index contributed by atoms with van der Waals surface area (Å²) in [5.41, 5.74) is 5.74. The van der Waals surface area contributed by atoms with Gasteiger partial charge in [0.2, 0.25) is 0 Å². The molecule has 22 heavy (non-hydrogen) atoms. The standard InChI is InChI=1S/C21H27N/c1-13-9-10-14-11-17-20(4)15-7-5-6-8-16(15)22-18(20)12-21(13,17)19(14,2)3/h5-8,11,13-14,18,22H,9-10,12H2,1-4H3/t13-,14?,18-,20+,21?/m1/s1. The lowest BCUT2D eigenvalue weighted by Crippen LogP contribution is -2.46. The fraction of sp³-hybridized carbons (Fsp3) is 0.619.